The van der Waals surface area contributed by atoms with E-state index in [1.807, 2.05) is 62.8 Å². The highest BCUT2D eigenvalue weighted by Crippen LogP contribution is 2.13. The Bertz CT molecular complexity index is 706. The first-order valence-electron chi connectivity index (χ1n) is 9.16. The second kappa shape index (κ2) is 9.27. The van der Waals surface area contributed by atoms with Crippen molar-refractivity contribution in [2.24, 2.45) is 7.05 Å². The number of aryl methyl sites for hydroxylation is 1. The Morgan fingerprint density at radius 2 is 1.92 bits per heavy atom. The van der Waals surface area contributed by atoms with Crippen LogP contribution in [-0.4, -0.2) is 38.8 Å². The number of hydrogen-bond acceptors (Lipinski definition) is 3. The maximum atomic E-state index is 13.0. The zero-order chi connectivity index (χ0) is 19.1. The summed E-state index contributed by atoms with van der Waals surface area (Å²) in [5.74, 6) is 0.652. The summed E-state index contributed by atoms with van der Waals surface area (Å²) in [6.07, 6.45) is 4.77. The second-order valence-electron chi connectivity index (χ2n) is 6.57. The van der Waals surface area contributed by atoms with E-state index in [9.17, 15) is 9.59 Å². The van der Waals surface area contributed by atoms with E-state index in [0.29, 0.717) is 19.5 Å². The fourth-order valence-corrected chi connectivity index (χ4v) is 2.84. The molecule has 0 saturated carbocycles. The van der Waals surface area contributed by atoms with Gasteiger partial charge in [-0.25, -0.2) is 0 Å². The van der Waals surface area contributed by atoms with Crippen LogP contribution in [0.25, 0.3) is 0 Å². The summed E-state index contributed by atoms with van der Waals surface area (Å²) in [5, 5.41) is 0. The number of nitrogens with zero attached hydrogens (tertiary/aromatic N) is 3. The summed E-state index contributed by atoms with van der Waals surface area (Å²) in [7, 11) is 1.96. The molecule has 6 heteroatoms. The quantitative estimate of drug-likeness (QED) is 0.691. The largest absolute Gasteiger partial charge is 0.467 e. The summed E-state index contributed by atoms with van der Waals surface area (Å²) in [6.45, 7) is 6.77. The van der Waals surface area contributed by atoms with Gasteiger partial charge in [0.2, 0.25) is 11.8 Å². The number of carbonyl (C=O) groups is 2. The molecule has 2 rings (SSSR count). The van der Waals surface area contributed by atoms with E-state index in [1.165, 1.54) is 0 Å². The van der Waals surface area contributed by atoms with Gasteiger partial charge in [-0.05, 0) is 37.6 Å². The summed E-state index contributed by atoms with van der Waals surface area (Å²) in [5.41, 5.74) is 1.03. The number of carbonyl (C=O) groups excluding carboxylic acids is 2. The Morgan fingerprint density at radius 1 is 1.15 bits per heavy atom. The van der Waals surface area contributed by atoms with Crippen LogP contribution in [0.1, 0.15) is 45.1 Å². The molecule has 0 spiro atoms. The molecule has 0 saturated heterocycles. The molecular weight excluding hydrogens is 330 g/mol. The van der Waals surface area contributed by atoms with E-state index in [4.69, 9.17) is 4.42 Å². The summed E-state index contributed by atoms with van der Waals surface area (Å²) >= 11 is 0. The molecule has 2 aromatic heterocycles. The van der Waals surface area contributed by atoms with Crippen LogP contribution in [0.5, 0.6) is 0 Å². The van der Waals surface area contributed by atoms with Crippen LogP contribution in [0.4, 0.5) is 0 Å². The lowest BCUT2D eigenvalue weighted by Gasteiger charge is -2.31. The zero-order valence-corrected chi connectivity index (χ0v) is 16.1. The lowest BCUT2D eigenvalue weighted by atomic mass is 10.2. The molecular formula is C20H29N3O3. The van der Waals surface area contributed by atoms with Crippen LogP contribution in [0, 0.1) is 0 Å². The van der Waals surface area contributed by atoms with Gasteiger partial charge in [0.25, 0.3) is 0 Å². The van der Waals surface area contributed by atoms with Crippen molar-refractivity contribution in [3.8, 4) is 0 Å². The predicted octanol–water partition coefficient (Wildman–Crippen LogP) is 3.18. The summed E-state index contributed by atoms with van der Waals surface area (Å²) < 4.78 is 7.42. The third-order valence-electron chi connectivity index (χ3n) is 4.73. The van der Waals surface area contributed by atoms with E-state index in [0.717, 1.165) is 17.9 Å². The Morgan fingerprint density at radius 3 is 2.46 bits per heavy atom. The Kier molecular flexibility index (Phi) is 7.06. The minimum Gasteiger partial charge on any atom is -0.467 e. The standard InChI is InChI=1S/C20H29N3O3/c1-5-16(3)23(19(24)6-2)15-20(25)22(14-18-10-8-12-26-18)13-17-9-7-11-21(17)4/h7-12,16H,5-6,13-15H2,1-4H3. The summed E-state index contributed by atoms with van der Waals surface area (Å²) in [6, 6.07) is 7.65. The van der Waals surface area contributed by atoms with Gasteiger partial charge in [0, 0.05) is 31.4 Å². The fourth-order valence-electron chi connectivity index (χ4n) is 2.84. The molecule has 1 unspecified atom stereocenters. The molecule has 0 aliphatic heterocycles. The third kappa shape index (κ3) is 5.00. The number of furan rings is 1. The molecule has 0 radical (unpaired) electrons. The Balaban J connectivity index is 2.17. The molecule has 2 heterocycles. The van der Waals surface area contributed by atoms with Crippen molar-refractivity contribution in [3.05, 3.63) is 48.2 Å². The highest BCUT2D eigenvalue weighted by molar-refractivity contribution is 5.85. The van der Waals surface area contributed by atoms with Crippen LogP contribution in [0.3, 0.4) is 0 Å². The molecule has 0 bridgehead atoms. The van der Waals surface area contributed by atoms with Crippen LogP contribution < -0.4 is 0 Å². The van der Waals surface area contributed by atoms with Crippen LogP contribution >= 0.6 is 0 Å². The van der Waals surface area contributed by atoms with Crippen molar-refractivity contribution in [1.29, 1.82) is 0 Å². The van der Waals surface area contributed by atoms with Crippen molar-refractivity contribution in [1.82, 2.24) is 14.4 Å². The van der Waals surface area contributed by atoms with Gasteiger partial charge in [-0.15, -0.1) is 0 Å². The SMILES string of the molecule is CCC(=O)N(CC(=O)N(Cc1ccco1)Cc1cccn1C)C(C)CC. The van der Waals surface area contributed by atoms with Gasteiger partial charge in [-0.3, -0.25) is 9.59 Å². The molecule has 26 heavy (non-hydrogen) atoms. The number of hydrogen-bond donors (Lipinski definition) is 0. The topological polar surface area (TPSA) is 58.7 Å². The first kappa shape index (κ1) is 19.8. The molecule has 2 amide bonds. The van der Waals surface area contributed by atoms with E-state index in [-0.39, 0.29) is 24.4 Å². The van der Waals surface area contributed by atoms with Gasteiger partial charge in [0.15, 0.2) is 0 Å². The maximum absolute atomic E-state index is 13.0. The highest BCUT2D eigenvalue weighted by atomic mass is 16.3. The zero-order valence-electron chi connectivity index (χ0n) is 16.1. The lowest BCUT2D eigenvalue weighted by molar-refractivity contribution is -0.143. The smallest absolute Gasteiger partial charge is 0.242 e. The van der Waals surface area contributed by atoms with E-state index < -0.39 is 0 Å². The first-order chi connectivity index (χ1) is 12.5. The van der Waals surface area contributed by atoms with E-state index in [1.54, 1.807) is 16.1 Å². The molecule has 2 aromatic rings. The Labute approximate surface area is 155 Å². The number of amides is 2. The molecule has 0 aliphatic carbocycles. The van der Waals surface area contributed by atoms with Crippen molar-refractivity contribution in [3.63, 3.8) is 0 Å². The van der Waals surface area contributed by atoms with Gasteiger partial charge in [-0.2, -0.15) is 0 Å². The van der Waals surface area contributed by atoms with Crippen LogP contribution in [-0.2, 0) is 29.7 Å². The highest BCUT2D eigenvalue weighted by Gasteiger charge is 2.24. The van der Waals surface area contributed by atoms with Crippen molar-refractivity contribution in [2.45, 2.75) is 52.7 Å². The van der Waals surface area contributed by atoms with Crippen molar-refractivity contribution in [2.75, 3.05) is 6.54 Å². The average Bonchev–Trinajstić information content (AvgIpc) is 3.29. The van der Waals surface area contributed by atoms with Crippen molar-refractivity contribution >= 4 is 11.8 Å². The van der Waals surface area contributed by atoms with Crippen LogP contribution in [0.2, 0.25) is 0 Å². The molecule has 0 fully saturated rings. The molecule has 142 valence electrons. The maximum Gasteiger partial charge on any atom is 0.242 e. The minimum absolute atomic E-state index is 0.00418. The normalized spacial score (nSPS) is 12.0. The third-order valence-corrected chi connectivity index (χ3v) is 4.73. The van der Waals surface area contributed by atoms with Crippen LogP contribution in [0.15, 0.2) is 41.1 Å². The first-order valence-corrected chi connectivity index (χ1v) is 9.16. The second-order valence-corrected chi connectivity index (χ2v) is 6.57. The average molecular weight is 359 g/mol. The molecule has 1 atom stereocenters. The monoisotopic (exact) mass is 359 g/mol. The van der Waals surface area contributed by atoms with Gasteiger partial charge in [0.1, 0.15) is 12.3 Å². The van der Waals surface area contributed by atoms with Crippen molar-refractivity contribution < 1.29 is 14.0 Å². The lowest BCUT2D eigenvalue weighted by Crippen LogP contribution is -2.46. The summed E-state index contributed by atoms with van der Waals surface area (Å²) in [4.78, 5) is 28.8. The minimum atomic E-state index is -0.0790. The fraction of sp³-hybridized carbons (Fsp3) is 0.500. The molecule has 0 aromatic carbocycles. The molecule has 0 aliphatic rings. The van der Waals surface area contributed by atoms with Gasteiger partial charge < -0.3 is 18.8 Å². The molecule has 6 nitrogen and oxygen atoms in total. The Hall–Kier alpha value is -2.50. The van der Waals surface area contributed by atoms with E-state index >= 15 is 0 Å². The molecule has 0 N–H and O–H groups in total. The van der Waals surface area contributed by atoms with E-state index in [2.05, 4.69) is 0 Å². The number of aromatic nitrogens is 1. The predicted molar refractivity (Wildman–Crippen MR) is 100 cm³/mol. The number of rotatable bonds is 9. The van der Waals surface area contributed by atoms with Gasteiger partial charge in [0.05, 0.1) is 19.4 Å². The van der Waals surface area contributed by atoms with Gasteiger partial charge in [-0.1, -0.05) is 13.8 Å². The van der Waals surface area contributed by atoms with Gasteiger partial charge >= 0.3 is 0 Å².